The maximum absolute atomic E-state index is 12.1. The number of aryl methyl sites for hydroxylation is 1. The highest BCUT2D eigenvalue weighted by Crippen LogP contribution is 2.39. The first-order valence-corrected chi connectivity index (χ1v) is 7.90. The van der Waals surface area contributed by atoms with Crippen molar-refractivity contribution < 1.29 is 9.53 Å². The van der Waals surface area contributed by atoms with E-state index in [1.54, 1.807) is 11.8 Å². The van der Waals surface area contributed by atoms with Crippen molar-refractivity contribution in [3.63, 3.8) is 0 Å². The van der Waals surface area contributed by atoms with Crippen molar-refractivity contribution >= 4 is 17.7 Å². The van der Waals surface area contributed by atoms with Crippen LogP contribution in [0.15, 0.2) is 5.16 Å². The fourth-order valence-corrected chi connectivity index (χ4v) is 3.93. The third-order valence-corrected chi connectivity index (χ3v) is 4.97. The van der Waals surface area contributed by atoms with Crippen LogP contribution >= 0.6 is 11.8 Å². The molecule has 7 heteroatoms. The van der Waals surface area contributed by atoms with Gasteiger partial charge in [-0.3, -0.25) is 9.89 Å². The van der Waals surface area contributed by atoms with E-state index in [2.05, 4.69) is 20.5 Å². The first-order chi connectivity index (χ1) is 9.62. The standard InChI is InChI=1S/C13H22N4O2S/c1-9-15-12(17-16-9)20-8-6-10-5-4-7-13(10,14-2)11(18)19-3/h10,14H,4-8H2,1-3H3,(H,15,16,17). The zero-order chi connectivity index (χ0) is 14.6. The number of hydrogen-bond acceptors (Lipinski definition) is 6. The lowest BCUT2D eigenvalue weighted by Gasteiger charge is -2.32. The number of hydrogen-bond donors (Lipinski definition) is 2. The fraction of sp³-hybridized carbons (Fsp3) is 0.769. The molecule has 20 heavy (non-hydrogen) atoms. The topological polar surface area (TPSA) is 79.9 Å². The van der Waals surface area contributed by atoms with Crippen molar-refractivity contribution in [2.75, 3.05) is 19.9 Å². The van der Waals surface area contributed by atoms with E-state index in [0.29, 0.717) is 5.92 Å². The minimum Gasteiger partial charge on any atom is -0.468 e. The van der Waals surface area contributed by atoms with Gasteiger partial charge in [0, 0.05) is 5.75 Å². The molecule has 1 heterocycles. The zero-order valence-corrected chi connectivity index (χ0v) is 13.0. The molecule has 1 aromatic heterocycles. The van der Waals surface area contributed by atoms with E-state index in [-0.39, 0.29) is 5.97 Å². The molecule has 0 saturated heterocycles. The average molecular weight is 298 g/mol. The summed E-state index contributed by atoms with van der Waals surface area (Å²) in [7, 11) is 3.31. The van der Waals surface area contributed by atoms with Gasteiger partial charge in [-0.2, -0.15) is 0 Å². The number of nitrogens with one attached hydrogen (secondary N) is 2. The molecule has 2 N–H and O–H groups in total. The van der Waals surface area contributed by atoms with Gasteiger partial charge in [0.05, 0.1) is 7.11 Å². The van der Waals surface area contributed by atoms with E-state index in [4.69, 9.17) is 4.74 Å². The van der Waals surface area contributed by atoms with Crippen LogP contribution in [0.5, 0.6) is 0 Å². The summed E-state index contributed by atoms with van der Waals surface area (Å²) < 4.78 is 4.99. The van der Waals surface area contributed by atoms with Crippen molar-refractivity contribution in [1.29, 1.82) is 0 Å². The maximum atomic E-state index is 12.1. The SMILES string of the molecule is CNC1(C(=O)OC)CCCC1CCSc1n[nH]c(C)n1. The summed E-state index contributed by atoms with van der Waals surface area (Å²) in [5.41, 5.74) is -0.510. The summed E-state index contributed by atoms with van der Waals surface area (Å²) in [5, 5.41) is 10.9. The summed E-state index contributed by atoms with van der Waals surface area (Å²) in [6, 6.07) is 0. The predicted molar refractivity (Wildman–Crippen MR) is 77.6 cm³/mol. The molecular formula is C13H22N4O2S. The highest BCUT2D eigenvalue weighted by Gasteiger charge is 2.48. The number of rotatable bonds is 6. The quantitative estimate of drug-likeness (QED) is 0.612. The third-order valence-electron chi connectivity index (χ3n) is 4.09. The maximum Gasteiger partial charge on any atom is 0.326 e. The first-order valence-electron chi connectivity index (χ1n) is 6.91. The molecule has 6 nitrogen and oxygen atoms in total. The molecule has 0 spiro atoms. The molecule has 0 aliphatic heterocycles. The van der Waals surface area contributed by atoms with Gasteiger partial charge in [0.15, 0.2) is 0 Å². The van der Waals surface area contributed by atoms with Gasteiger partial charge >= 0.3 is 5.97 Å². The van der Waals surface area contributed by atoms with Crippen molar-refractivity contribution in [2.24, 2.45) is 5.92 Å². The van der Waals surface area contributed by atoms with Gasteiger partial charge in [-0.05, 0) is 39.2 Å². The van der Waals surface area contributed by atoms with Crippen molar-refractivity contribution in [3.05, 3.63) is 5.82 Å². The second kappa shape index (κ2) is 6.58. The normalized spacial score (nSPS) is 25.9. The highest BCUT2D eigenvalue weighted by molar-refractivity contribution is 7.99. The van der Waals surface area contributed by atoms with Gasteiger partial charge in [0.25, 0.3) is 0 Å². The van der Waals surface area contributed by atoms with Crippen molar-refractivity contribution in [3.8, 4) is 0 Å². The number of nitrogens with zero attached hydrogens (tertiary/aromatic N) is 2. The smallest absolute Gasteiger partial charge is 0.326 e. The van der Waals surface area contributed by atoms with E-state index >= 15 is 0 Å². The molecule has 1 aromatic rings. The fourth-order valence-electron chi connectivity index (χ4n) is 3.03. The molecule has 2 rings (SSSR count). The Kier molecular flexibility index (Phi) is 5.04. The van der Waals surface area contributed by atoms with Crippen LogP contribution in [0.3, 0.4) is 0 Å². The van der Waals surface area contributed by atoms with Crippen LogP contribution < -0.4 is 5.32 Å². The van der Waals surface area contributed by atoms with Crippen LogP contribution in [0.4, 0.5) is 0 Å². The van der Waals surface area contributed by atoms with Gasteiger partial charge in [-0.15, -0.1) is 5.10 Å². The van der Waals surface area contributed by atoms with Gasteiger partial charge in [0.2, 0.25) is 5.16 Å². The van der Waals surface area contributed by atoms with Crippen molar-refractivity contribution in [2.45, 2.75) is 43.3 Å². The Bertz CT molecular complexity index is 465. The number of likely N-dealkylation sites (N-methyl/N-ethyl adjacent to an activating group) is 1. The van der Waals surface area contributed by atoms with E-state index in [1.165, 1.54) is 7.11 Å². The molecule has 1 aliphatic carbocycles. The Hall–Kier alpha value is -1.08. The van der Waals surface area contributed by atoms with E-state index in [1.807, 2.05) is 14.0 Å². The molecule has 0 amide bonds. The number of carbonyl (C=O) groups excluding carboxylic acids is 1. The van der Waals surface area contributed by atoms with Crippen LogP contribution in [-0.2, 0) is 9.53 Å². The second-order valence-corrected chi connectivity index (χ2v) is 6.20. The molecule has 0 aromatic carbocycles. The minimum atomic E-state index is -0.510. The number of thioether (sulfide) groups is 1. The molecule has 112 valence electrons. The molecule has 2 unspecified atom stereocenters. The minimum absolute atomic E-state index is 0.138. The Balaban J connectivity index is 1.92. The van der Waals surface area contributed by atoms with Crippen LogP contribution in [0.25, 0.3) is 0 Å². The average Bonchev–Trinajstić information content (AvgIpc) is 3.05. The summed E-state index contributed by atoms with van der Waals surface area (Å²) in [5.74, 6) is 1.91. The third kappa shape index (κ3) is 2.98. The van der Waals surface area contributed by atoms with Gasteiger partial charge in [-0.1, -0.05) is 18.2 Å². The Morgan fingerprint density at radius 3 is 3.05 bits per heavy atom. The summed E-state index contributed by atoms with van der Waals surface area (Å²) in [6.45, 7) is 1.89. The lowest BCUT2D eigenvalue weighted by atomic mass is 9.85. The number of carbonyl (C=O) groups is 1. The van der Waals surface area contributed by atoms with Crippen LogP contribution in [0.2, 0.25) is 0 Å². The summed E-state index contributed by atoms with van der Waals surface area (Å²) in [4.78, 5) is 16.4. The molecule has 1 saturated carbocycles. The molecular weight excluding hydrogens is 276 g/mol. The molecule has 0 bridgehead atoms. The van der Waals surface area contributed by atoms with Crippen LogP contribution in [0.1, 0.15) is 31.5 Å². The van der Waals surface area contributed by atoms with E-state index < -0.39 is 5.54 Å². The van der Waals surface area contributed by atoms with E-state index in [0.717, 1.165) is 42.4 Å². The molecule has 1 fully saturated rings. The number of aromatic nitrogens is 3. The molecule has 1 aliphatic rings. The van der Waals surface area contributed by atoms with Gasteiger partial charge in [0.1, 0.15) is 11.4 Å². The van der Waals surface area contributed by atoms with Crippen LogP contribution in [-0.4, -0.2) is 46.6 Å². The summed E-state index contributed by atoms with van der Waals surface area (Å²) >= 11 is 1.63. The molecule has 0 radical (unpaired) electrons. The molecule has 2 atom stereocenters. The predicted octanol–water partition coefficient (Wildman–Crippen LogP) is 1.53. The van der Waals surface area contributed by atoms with E-state index in [9.17, 15) is 4.79 Å². The number of methoxy groups -OCH3 is 1. The lowest BCUT2D eigenvalue weighted by molar-refractivity contribution is -0.150. The number of esters is 1. The Labute approximate surface area is 123 Å². The summed E-state index contributed by atoms with van der Waals surface area (Å²) in [6.07, 6.45) is 3.92. The van der Waals surface area contributed by atoms with Crippen LogP contribution in [0, 0.1) is 12.8 Å². The van der Waals surface area contributed by atoms with Crippen molar-refractivity contribution in [1.82, 2.24) is 20.5 Å². The lowest BCUT2D eigenvalue weighted by Crippen LogP contribution is -2.53. The monoisotopic (exact) mass is 298 g/mol. The Morgan fingerprint density at radius 1 is 1.65 bits per heavy atom. The number of ether oxygens (including phenoxy) is 1. The van der Waals surface area contributed by atoms with Gasteiger partial charge in [-0.25, -0.2) is 4.98 Å². The zero-order valence-electron chi connectivity index (χ0n) is 12.2. The number of H-pyrrole nitrogens is 1. The largest absolute Gasteiger partial charge is 0.468 e. The Morgan fingerprint density at radius 2 is 2.45 bits per heavy atom. The number of aromatic amines is 1. The second-order valence-electron chi connectivity index (χ2n) is 5.14. The first kappa shape index (κ1) is 15.3. The van der Waals surface area contributed by atoms with Gasteiger partial charge < -0.3 is 10.1 Å². The highest BCUT2D eigenvalue weighted by atomic mass is 32.2.